The molecule has 0 aliphatic heterocycles. The molecule has 0 amide bonds. The first-order valence-corrected chi connectivity index (χ1v) is 3.25. The first kappa shape index (κ1) is 10.6. The largest absolute Gasteiger partial charge is 0.419 e. The van der Waals surface area contributed by atoms with Crippen LogP contribution in [0.4, 0.5) is 13.2 Å². The molecule has 0 N–H and O–H groups in total. The summed E-state index contributed by atoms with van der Waals surface area (Å²) in [6, 6.07) is -0.891. The molecule has 0 aliphatic rings. The molecule has 0 atom stereocenters. The summed E-state index contributed by atoms with van der Waals surface area (Å²) in [5, 5.41) is 0. The first-order valence-electron chi connectivity index (χ1n) is 1.95. The van der Waals surface area contributed by atoms with Crippen molar-refractivity contribution < 1.29 is 17.9 Å². The van der Waals surface area contributed by atoms with E-state index in [2.05, 4.69) is 27.9 Å². The van der Waals surface area contributed by atoms with Crippen LogP contribution in [0.2, 0.25) is 0 Å². The molecule has 10 heavy (non-hydrogen) atoms. The van der Waals surface area contributed by atoms with E-state index in [9.17, 15) is 13.2 Å². The van der Waals surface area contributed by atoms with Crippen LogP contribution in [0.25, 0.3) is 0 Å². The summed E-state index contributed by atoms with van der Waals surface area (Å²) in [7, 11) is 0. The summed E-state index contributed by atoms with van der Waals surface area (Å²) in [4.78, 5) is 0. The highest BCUT2D eigenvalue weighted by Gasteiger charge is 2.54. The predicted molar refractivity (Wildman–Crippen MR) is 32.3 cm³/mol. The van der Waals surface area contributed by atoms with Gasteiger partial charge in [0, 0.05) is 0 Å². The molecule has 0 saturated carbocycles. The molecule has 0 aromatic rings. The molecular weight excluding hydrogens is 215 g/mol. The lowest BCUT2D eigenvalue weighted by molar-refractivity contribution is -0.257. The summed E-state index contributed by atoms with van der Waals surface area (Å²) >= 11 is 13.4. The van der Waals surface area contributed by atoms with E-state index in [1.165, 1.54) is 0 Å². The van der Waals surface area contributed by atoms with E-state index in [0.29, 0.717) is 0 Å². The molecule has 0 radical (unpaired) electrons. The third-order valence-electron chi connectivity index (χ3n) is 0.566. The second-order valence-electron chi connectivity index (χ2n) is 1.27. The highest BCUT2D eigenvalue weighted by Crippen LogP contribution is 2.40. The first-order chi connectivity index (χ1) is 4.31. The number of hydrogen-bond donors (Lipinski definition) is 0. The second kappa shape index (κ2) is 3.34. The molecule has 0 heterocycles. The van der Waals surface area contributed by atoms with Gasteiger partial charge < -0.3 is 0 Å². The molecular formula is C3H2Cl3F3O. The second-order valence-corrected chi connectivity index (χ2v) is 2.72. The highest BCUT2D eigenvalue weighted by atomic mass is 35.5. The van der Waals surface area contributed by atoms with E-state index >= 15 is 0 Å². The van der Waals surface area contributed by atoms with Crippen molar-refractivity contribution in [3.05, 3.63) is 0 Å². The van der Waals surface area contributed by atoms with E-state index in [1.54, 1.807) is 0 Å². The van der Waals surface area contributed by atoms with Gasteiger partial charge in [0.25, 0.3) is 0 Å². The average Bonchev–Trinajstić information content (AvgIpc) is 1.61. The molecule has 62 valence electrons. The zero-order valence-electron chi connectivity index (χ0n) is 4.38. The zero-order chi connectivity index (χ0) is 8.41. The number of rotatable bonds is 3. The summed E-state index contributed by atoms with van der Waals surface area (Å²) < 4.78 is 35.6. The maximum absolute atomic E-state index is 12.0. The van der Waals surface area contributed by atoms with Gasteiger partial charge in [0.15, 0.2) is 0 Å². The van der Waals surface area contributed by atoms with Crippen molar-refractivity contribution in [1.29, 1.82) is 0 Å². The summed E-state index contributed by atoms with van der Waals surface area (Å²) in [5.74, 6) is 0. The van der Waals surface area contributed by atoms with Gasteiger partial charge in [-0.15, -0.1) is 0 Å². The fourth-order valence-corrected chi connectivity index (χ4v) is 0.396. The summed E-state index contributed by atoms with van der Waals surface area (Å²) in [6.07, 6.45) is -4.28. The maximum atomic E-state index is 12.0. The minimum Gasteiger partial charge on any atom is -0.300 e. The Balaban J connectivity index is 4.10. The van der Waals surface area contributed by atoms with Crippen LogP contribution in [0, 0.1) is 0 Å². The van der Waals surface area contributed by atoms with Crippen molar-refractivity contribution in [3.8, 4) is 0 Å². The minimum absolute atomic E-state index is 0.891. The molecule has 0 saturated heterocycles. The highest BCUT2D eigenvalue weighted by molar-refractivity contribution is 6.47. The average molecular weight is 217 g/mol. The van der Waals surface area contributed by atoms with Gasteiger partial charge in [-0.2, -0.15) is 13.2 Å². The number of alkyl halides is 6. The van der Waals surface area contributed by atoms with Crippen LogP contribution < -0.4 is 0 Å². The van der Waals surface area contributed by atoms with Crippen molar-refractivity contribution in [1.82, 2.24) is 0 Å². The van der Waals surface area contributed by atoms with Crippen LogP contribution in [-0.4, -0.2) is 16.8 Å². The Hall–Kier alpha value is 0.620. The summed E-state index contributed by atoms with van der Waals surface area (Å²) in [6.45, 7) is 0. The molecule has 7 heteroatoms. The van der Waals surface area contributed by atoms with Gasteiger partial charge in [-0.05, 0) is 0 Å². The molecule has 0 aliphatic carbocycles. The molecule has 0 rings (SSSR count). The summed E-state index contributed by atoms with van der Waals surface area (Å²) in [5.41, 5.74) is 0. The van der Waals surface area contributed by atoms with E-state index in [4.69, 9.17) is 11.6 Å². The lowest BCUT2D eigenvalue weighted by atomic mass is 10.7. The number of halogens is 6. The van der Waals surface area contributed by atoms with Crippen LogP contribution in [0.3, 0.4) is 0 Å². The standard InChI is InChI=1S/C3H2Cl3F3O/c4-1-10-3(8,9)2(5,6)7/h1H2. The Morgan fingerprint density at radius 1 is 1.20 bits per heavy atom. The van der Waals surface area contributed by atoms with Gasteiger partial charge in [-0.25, -0.2) is 0 Å². The van der Waals surface area contributed by atoms with Gasteiger partial charge >= 0.3 is 10.7 Å². The topological polar surface area (TPSA) is 9.23 Å². The molecule has 0 aromatic heterocycles. The normalized spacial score (nSPS) is 13.8. The van der Waals surface area contributed by atoms with Crippen molar-refractivity contribution in [3.63, 3.8) is 0 Å². The molecule has 0 unspecified atom stereocenters. The quantitative estimate of drug-likeness (QED) is 0.661. The van der Waals surface area contributed by atoms with Gasteiger partial charge in [-0.3, -0.25) is 4.74 Å². The van der Waals surface area contributed by atoms with Crippen LogP contribution in [0.15, 0.2) is 0 Å². The van der Waals surface area contributed by atoms with E-state index in [0.717, 1.165) is 0 Å². The molecule has 1 nitrogen and oxygen atoms in total. The number of ether oxygens (including phenoxy) is 1. The van der Waals surface area contributed by atoms with E-state index < -0.39 is 16.8 Å². The third-order valence-corrected chi connectivity index (χ3v) is 1.11. The van der Waals surface area contributed by atoms with Crippen LogP contribution in [-0.2, 0) is 4.74 Å². The Kier molecular flexibility index (Phi) is 3.55. The lowest BCUT2D eigenvalue weighted by Gasteiger charge is -2.20. The maximum Gasteiger partial charge on any atom is 0.419 e. The van der Waals surface area contributed by atoms with Gasteiger partial charge in [0.1, 0.15) is 6.07 Å². The van der Waals surface area contributed by atoms with Gasteiger partial charge in [0.2, 0.25) is 0 Å². The SMILES string of the molecule is FC(Cl)(Cl)C(F)(F)OCCl. The van der Waals surface area contributed by atoms with E-state index in [1.807, 2.05) is 0 Å². The Morgan fingerprint density at radius 3 is 1.70 bits per heavy atom. The van der Waals surface area contributed by atoms with Gasteiger partial charge in [0.05, 0.1) is 0 Å². The number of hydrogen-bond acceptors (Lipinski definition) is 1. The van der Waals surface area contributed by atoms with Crippen LogP contribution in [0.1, 0.15) is 0 Å². The molecule has 0 aromatic carbocycles. The van der Waals surface area contributed by atoms with Crippen molar-refractivity contribution in [2.75, 3.05) is 6.07 Å². The molecule has 0 spiro atoms. The Bertz CT molecular complexity index is 112. The zero-order valence-corrected chi connectivity index (χ0v) is 6.65. The predicted octanol–water partition coefficient (Wildman–Crippen LogP) is 2.89. The monoisotopic (exact) mass is 216 g/mol. The molecule has 0 fully saturated rings. The van der Waals surface area contributed by atoms with Crippen molar-refractivity contribution >= 4 is 34.8 Å². The van der Waals surface area contributed by atoms with Crippen molar-refractivity contribution in [2.24, 2.45) is 0 Å². The Labute approximate surface area is 70.0 Å². The van der Waals surface area contributed by atoms with E-state index in [-0.39, 0.29) is 0 Å². The molecule has 0 bridgehead atoms. The van der Waals surface area contributed by atoms with Crippen LogP contribution in [0.5, 0.6) is 0 Å². The van der Waals surface area contributed by atoms with Crippen molar-refractivity contribution in [2.45, 2.75) is 10.7 Å². The fourth-order valence-electron chi connectivity index (χ4n) is 0.150. The smallest absolute Gasteiger partial charge is 0.300 e. The minimum atomic E-state index is -4.28. The van der Waals surface area contributed by atoms with Crippen LogP contribution >= 0.6 is 34.8 Å². The third kappa shape index (κ3) is 2.70. The van der Waals surface area contributed by atoms with Gasteiger partial charge in [-0.1, -0.05) is 34.8 Å². The fraction of sp³-hybridized carbons (Fsp3) is 1.00. The Morgan fingerprint density at radius 2 is 1.60 bits per heavy atom. The lowest BCUT2D eigenvalue weighted by Crippen LogP contribution is -2.36.